The van der Waals surface area contributed by atoms with Crippen molar-refractivity contribution in [2.45, 2.75) is 84.7 Å². The van der Waals surface area contributed by atoms with Gasteiger partial charge in [-0.1, -0.05) is 81.8 Å². The van der Waals surface area contributed by atoms with Crippen LogP contribution in [0.2, 0.25) is 0 Å². The van der Waals surface area contributed by atoms with Gasteiger partial charge in [0.2, 0.25) is 5.69 Å². The Hall–Kier alpha value is -3.76. The molecule has 4 heteroatoms. The Labute approximate surface area is 266 Å². The highest BCUT2D eigenvalue weighted by Gasteiger charge is 2.43. The van der Waals surface area contributed by atoms with Crippen molar-refractivity contribution < 1.29 is 4.57 Å². The molecule has 0 spiro atoms. The molecule has 0 bridgehead atoms. The highest BCUT2D eigenvalue weighted by atomic mass is 32.1. The van der Waals surface area contributed by atoms with Gasteiger partial charge in [-0.25, -0.2) is 4.98 Å². The molecule has 1 aliphatic heterocycles. The number of rotatable bonds is 9. The second kappa shape index (κ2) is 11.3. The first-order chi connectivity index (χ1) is 21.4. The van der Waals surface area contributed by atoms with Gasteiger partial charge in [-0.15, -0.1) is 11.3 Å². The zero-order valence-corrected chi connectivity index (χ0v) is 27.8. The largest absolute Gasteiger partial charge is 0.328 e. The van der Waals surface area contributed by atoms with E-state index in [-0.39, 0.29) is 5.41 Å². The molecule has 3 unspecified atom stereocenters. The zero-order valence-electron chi connectivity index (χ0n) is 27.0. The van der Waals surface area contributed by atoms with Crippen molar-refractivity contribution in [1.82, 2.24) is 9.55 Å². The number of aromatic nitrogens is 3. The summed E-state index contributed by atoms with van der Waals surface area (Å²) in [4.78, 5) is 4.91. The van der Waals surface area contributed by atoms with E-state index >= 15 is 0 Å². The second-order valence-electron chi connectivity index (χ2n) is 13.1. The normalized spacial score (nSPS) is 16.4. The summed E-state index contributed by atoms with van der Waals surface area (Å²) in [5.41, 5.74) is 8.42. The smallest absolute Gasteiger partial charge is 0.215 e. The molecule has 224 valence electrons. The fourth-order valence-electron chi connectivity index (χ4n) is 8.14. The molecule has 0 N–H and O–H groups in total. The van der Waals surface area contributed by atoms with Crippen LogP contribution < -0.4 is 4.57 Å². The maximum atomic E-state index is 4.91. The molecule has 0 fully saturated rings. The van der Waals surface area contributed by atoms with Crippen molar-refractivity contribution in [1.29, 1.82) is 0 Å². The van der Waals surface area contributed by atoms with Gasteiger partial charge in [-0.2, -0.15) is 4.57 Å². The lowest BCUT2D eigenvalue weighted by Gasteiger charge is -2.41. The van der Waals surface area contributed by atoms with Crippen LogP contribution in [0.1, 0.15) is 89.1 Å². The van der Waals surface area contributed by atoms with Crippen LogP contribution in [0.25, 0.3) is 42.8 Å². The van der Waals surface area contributed by atoms with Gasteiger partial charge >= 0.3 is 0 Å². The Bertz CT molecular complexity index is 1980. The van der Waals surface area contributed by atoms with Crippen LogP contribution in [0.3, 0.4) is 0 Å². The molecule has 0 aliphatic carbocycles. The highest BCUT2D eigenvalue weighted by molar-refractivity contribution is 7.26. The van der Waals surface area contributed by atoms with E-state index in [9.17, 15) is 0 Å². The maximum Gasteiger partial charge on any atom is 0.215 e. The number of hydrogen-bond donors (Lipinski definition) is 0. The van der Waals surface area contributed by atoms with Gasteiger partial charge in [0.15, 0.2) is 12.2 Å². The Morgan fingerprint density at radius 3 is 2.50 bits per heavy atom. The van der Waals surface area contributed by atoms with Gasteiger partial charge in [0.1, 0.15) is 5.82 Å². The Morgan fingerprint density at radius 2 is 1.70 bits per heavy atom. The summed E-state index contributed by atoms with van der Waals surface area (Å²) in [5, 5.41) is 2.78. The molecule has 3 atom stereocenters. The topological polar surface area (TPSA) is 21.7 Å². The van der Waals surface area contributed by atoms with E-state index in [4.69, 9.17) is 4.98 Å². The summed E-state index contributed by atoms with van der Waals surface area (Å²) < 4.78 is 7.74. The third-order valence-corrected chi connectivity index (χ3v) is 12.1. The van der Waals surface area contributed by atoms with Crippen LogP contribution in [0.4, 0.5) is 0 Å². The van der Waals surface area contributed by atoms with E-state index in [1.165, 1.54) is 53.7 Å². The highest BCUT2D eigenvalue weighted by Crippen LogP contribution is 2.50. The van der Waals surface area contributed by atoms with Crippen molar-refractivity contribution in [3.05, 3.63) is 108 Å². The lowest BCUT2D eigenvalue weighted by Crippen LogP contribution is -2.40. The van der Waals surface area contributed by atoms with Crippen molar-refractivity contribution in [2.24, 2.45) is 5.92 Å². The molecule has 0 radical (unpaired) electrons. The van der Waals surface area contributed by atoms with Crippen LogP contribution in [-0.4, -0.2) is 9.55 Å². The number of aryl methyl sites for hydroxylation is 1. The molecule has 0 saturated carbocycles. The molecule has 44 heavy (non-hydrogen) atoms. The molecule has 3 aromatic carbocycles. The van der Waals surface area contributed by atoms with Crippen molar-refractivity contribution in [3.63, 3.8) is 0 Å². The predicted molar refractivity (Wildman–Crippen MR) is 187 cm³/mol. The maximum absolute atomic E-state index is 4.91. The van der Waals surface area contributed by atoms with Crippen LogP contribution in [-0.2, 0) is 5.41 Å². The number of nitrogens with zero attached hydrogens (tertiary/aromatic N) is 3. The molecule has 3 nitrogen and oxygen atoms in total. The summed E-state index contributed by atoms with van der Waals surface area (Å²) in [6.45, 7) is 14.0. The van der Waals surface area contributed by atoms with E-state index in [0.717, 1.165) is 31.5 Å². The molecule has 0 amide bonds. The Kier molecular flexibility index (Phi) is 7.45. The van der Waals surface area contributed by atoms with Crippen molar-refractivity contribution >= 4 is 31.5 Å². The number of thiophene rings is 1. The minimum atomic E-state index is 0.0379. The molecule has 7 rings (SSSR count). The van der Waals surface area contributed by atoms with Crippen LogP contribution >= 0.6 is 11.3 Å². The van der Waals surface area contributed by atoms with E-state index in [1.54, 1.807) is 0 Å². The second-order valence-corrected chi connectivity index (χ2v) is 14.1. The molecule has 0 saturated heterocycles. The number of hydrogen-bond acceptors (Lipinski definition) is 2. The quantitative estimate of drug-likeness (QED) is 0.152. The van der Waals surface area contributed by atoms with Gasteiger partial charge < -0.3 is 4.57 Å². The van der Waals surface area contributed by atoms with Gasteiger partial charge in [-0.3, -0.25) is 0 Å². The third kappa shape index (κ3) is 4.36. The third-order valence-electron chi connectivity index (χ3n) is 10.7. The summed E-state index contributed by atoms with van der Waals surface area (Å²) >= 11 is 1.97. The van der Waals surface area contributed by atoms with Crippen molar-refractivity contribution in [3.8, 4) is 22.6 Å². The number of benzene rings is 3. The minimum absolute atomic E-state index is 0.0379. The lowest BCUT2D eigenvalue weighted by atomic mass is 9.63. The van der Waals surface area contributed by atoms with Gasteiger partial charge in [-0.05, 0) is 62.1 Å². The fraction of sp³-hybridized carbons (Fsp3) is 0.350. The fourth-order valence-corrected chi connectivity index (χ4v) is 9.48. The van der Waals surface area contributed by atoms with Crippen LogP contribution in [0.5, 0.6) is 0 Å². The Balaban J connectivity index is 1.35. The first kappa shape index (κ1) is 29.0. The van der Waals surface area contributed by atoms with Crippen LogP contribution in [0, 0.1) is 12.8 Å². The number of fused-ring (bicyclic) bond motifs is 7. The van der Waals surface area contributed by atoms with Crippen molar-refractivity contribution in [2.75, 3.05) is 0 Å². The molecular formula is C40H44N3S+. The van der Waals surface area contributed by atoms with E-state index in [1.807, 2.05) is 17.5 Å². The molecular weight excluding hydrogens is 555 g/mol. The summed E-state index contributed by atoms with van der Waals surface area (Å²) in [6, 6.07) is 28.1. The van der Waals surface area contributed by atoms with Crippen LogP contribution in [0.15, 0.2) is 91.4 Å². The Morgan fingerprint density at radius 1 is 0.909 bits per heavy atom. The van der Waals surface area contributed by atoms with Gasteiger partial charge in [0.25, 0.3) is 0 Å². The zero-order chi connectivity index (χ0) is 30.6. The summed E-state index contributed by atoms with van der Waals surface area (Å²) in [5.74, 6) is 1.62. The molecule has 1 aliphatic rings. The first-order valence-corrected chi connectivity index (χ1v) is 17.3. The summed E-state index contributed by atoms with van der Waals surface area (Å²) in [7, 11) is 0. The number of pyridine rings is 1. The average molecular weight is 599 g/mol. The standard InChI is InChI=1S/C40H44N3S/c1-7-28(6)40(8-2,33-17-10-9-15-31(33)39-41-23-25-42(39)26(3)4)22-21-34-32-20-19-30-29-16-13-14-27(5)37(29)44-38(30)36(32)35-18-11-12-24-43(34)35/h9-20,23-26,28,34H,7-8,21-22H2,1-6H3/q+1. The SMILES string of the molecule is CCC(C)C(CC)(CCC1c2ccc3c(sc4c(C)cccc43)c2-c2cccc[n+]21)c1ccccc1-c1nccn1C(C)C. The van der Waals surface area contributed by atoms with Gasteiger partial charge in [0, 0.05) is 68.3 Å². The first-order valence-electron chi connectivity index (χ1n) is 16.5. The average Bonchev–Trinajstić information content (AvgIpc) is 3.77. The molecule has 3 aromatic heterocycles. The van der Waals surface area contributed by atoms with E-state index in [2.05, 4.69) is 136 Å². The lowest BCUT2D eigenvalue weighted by molar-refractivity contribution is -0.698. The monoisotopic (exact) mass is 598 g/mol. The van der Waals surface area contributed by atoms with E-state index < -0.39 is 0 Å². The number of imidazole rings is 1. The molecule has 6 aromatic rings. The summed E-state index contributed by atoms with van der Waals surface area (Å²) in [6.07, 6.45) is 10.9. The molecule has 4 heterocycles. The van der Waals surface area contributed by atoms with E-state index in [0.29, 0.717) is 18.0 Å². The minimum Gasteiger partial charge on any atom is -0.328 e. The van der Waals surface area contributed by atoms with Gasteiger partial charge in [0.05, 0.1) is 5.56 Å². The predicted octanol–water partition coefficient (Wildman–Crippen LogP) is 10.8.